The Labute approximate surface area is 107 Å². The molecule has 2 rings (SSSR count). The highest BCUT2D eigenvalue weighted by Gasteiger charge is 2.13. The van der Waals surface area contributed by atoms with Crippen molar-refractivity contribution in [3.8, 4) is 0 Å². The van der Waals surface area contributed by atoms with Crippen molar-refractivity contribution in [2.75, 3.05) is 0 Å². The molecule has 0 saturated carbocycles. The van der Waals surface area contributed by atoms with Gasteiger partial charge in [0, 0.05) is 26.6 Å². The SMILES string of the molecule is Cn1c(=O)c2c(ncn2CCCC(=O)[O-])n(C)c1=O. The van der Waals surface area contributed by atoms with Crippen molar-refractivity contribution in [3.63, 3.8) is 0 Å². The van der Waals surface area contributed by atoms with Crippen LogP contribution in [-0.4, -0.2) is 24.7 Å². The molecule has 2 aromatic heterocycles. The Bertz CT molecular complexity index is 752. The number of hydrogen-bond donors (Lipinski definition) is 0. The number of carbonyl (C=O) groups is 1. The molecule has 0 aliphatic carbocycles. The molecule has 0 bridgehead atoms. The molecular weight excluding hydrogens is 252 g/mol. The first-order chi connectivity index (χ1) is 8.93. The normalized spacial score (nSPS) is 11.1. The molecular formula is C11H13N4O4-. The van der Waals surface area contributed by atoms with Crippen molar-refractivity contribution in [1.82, 2.24) is 18.7 Å². The first kappa shape index (κ1) is 13.1. The fraction of sp³-hybridized carbons (Fsp3) is 0.455. The van der Waals surface area contributed by atoms with Gasteiger partial charge >= 0.3 is 5.69 Å². The summed E-state index contributed by atoms with van der Waals surface area (Å²) in [7, 11) is 2.92. The minimum absolute atomic E-state index is 0.0915. The number of aromatic nitrogens is 4. The monoisotopic (exact) mass is 265 g/mol. The summed E-state index contributed by atoms with van der Waals surface area (Å²) in [6, 6.07) is 0. The number of fused-ring (bicyclic) bond motifs is 1. The largest absolute Gasteiger partial charge is 0.550 e. The number of carboxylic acid groups (broad SMARTS) is 1. The molecule has 0 N–H and O–H groups in total. The summed E-state index contributed by atoms with van der Waals surface area (Å²) in [4.78, 5) is 38.1. The first-order valence-electron chi connectivity index (χ1n) is 5.74. The molecule has 8 nitrogen and oxygen atoms in total. The van der Waals surface area contributed by atoms with Crippen molar-refractivity contribution >= 4 is 17.1 Å². The van der Waals surface area contributed by atoms with E-state index in [2.05, 4.69) is 4.98 Å². The van der Waals surface area contributed by atoms with Crippen LogP contribution in [0.1, 0.15) is 12.8 Å². The lowest BCUT2D eigenvalue weighted by Crippen LogP contribution is -2.37. The van der Waals surface area contributed by atoms with Crippen LogP contribution < -0.4 is 16.4 Å². The topological polar surface area (TPSA) is 102 Å². The van der Waals surface area contributed by atoms with Gasteiger partial charge in [-0.05, 0) is 12.8 Å². The zero-order valence-electron chi connectivity index (χ0n) is 10.6. The standard InChI is InChI=1S/C11H14N4O4/c1-13-9-8(10(18)14(2)11(13)19)15(6-12-9)5-3-4-7(16)17/h6H,3-5H2,1-2H3,(H,16,17)/p-1. The van der Waals surface area contributed by atoms with Crippen LogP contribution in [0, 0.1) is 0 Å². The van der Waals surface area contributed by atoms with E-state index < -0.39 is 17.2 Å². The summed E-state index contributed by atoms with van der Waals surface area (Å²) in [6.07, 6.45) is 1.67. The summed E-state index contributed by atoms with van der Waals surface area (Å²) >= 11 is 0. The highest BCUT2D eigenvalue weighted by molar-refractivity contribution is 5.70. The Morgan fingerprint density at radius 2 is 2.00 bits per heavy atom. The van der Waals surface area contributed by atoms with Gasteiger partial charge in [0.2, 0.25) is 0 Å². The van der Waals surface area contributed by atoms with E-state index in [1.54, 1.807) is 4.57 Å². The highest BCUT2D eigenvalue weighted by atomic mass is 16.4. The molecule has 0 aromatic carbocycles. The third-order valence-electron chi connectivity index (χ3n) is 3.00. The Kier molecular flexibility index (Phi) is 3.24. The molecule has 0 unspecified atom stereocenters. The Hall–Kier alpha value is -2.38. The van der Waals surface area contributed by atoms with E-state index >= 15 is 0 Å². The van der Waals surface area contributed by atoms with Crippen molar-refractivity contribution in [3.05, 3.63) is 27.2 Å². The lowest BCUT2D eigenvalue weighted by Gasteiger charge is -2.06. The van der Waals surface area contributed by atoms with Crippen LogP contribution in [0.4, 0.5) is 0 Å². The van der Waals surface area contributed by atoms with Gasteiger partial charge in [-0.15, -0.1) is 0 Å². The number of carbonyl (C=O) groups excluding carboxylic acids is 1. The second-order valence-electron chi connectivity index (χ2n) is 4.29. The molecule has 8 heteroatoms. The number of imidazole rings is 1. The van der Waals surface area contributed by atoms with E-state index in [1.165, 1.54) is 25.0 Å². The molecule has 0 fully saturated rings. The molecule has 2 heterocycles. The van der Waals surface area contributed by atoms with Crippen LogP contribution in [0.5, 0.6) is 0 Å². The van der Waals surface area contributed by atoms with Crippen LogP contribution in [0.15, 0.2) is 15.9 Å². The van der Waals surface area contributed by atoms with Gasteiger partial charge < -0.3 is 14.5 Å². The number of aryl methyl sites for hydroxylation is 2. The van der Waals surface area contributed by atoms with Crippen LogP contribution >= 0.6 is 0 Å². The second kappa shape index (κ2) is 4.71. The molecule has 102 valence electrons. The van der Waals surface area contributed by atoms with Crippen molar-refractivity contribution in [2.24, 2.45) is 14.1 Å². The van der Waals surface area contributed by atoms with Gasteiger partial charge in [-0.25, -0.2) is 9.78 Å². The van der Waals surface area contributed by atoms with Gasteiger partial charge in [0.15, 0.2) is 11.2 Å². The molecule has 0 aliphatic heterocycles. The van der Waals surface area contributed by atoms with E-state index in [-0.39, 0.29) is 6.42 Å². The lowest BCUT2D eigenvalue weighted by molar-refractivity contribution is -0.305. The molecule has 0 atom stereocenters. The second-order valence-corrected chi connectivity index (χ2v) is 4.29. The van der Waals surface area contributed by atoms with E-state index in [0.29, 0.717) is 24.1 Å². The smallest absolute Gasteiger partial charge is 0.332 e. The summed E-state index contributed by atoms with van der Waals surface area (Å²) < 4.78 is 3.84. The molecule has 2 aromatic rings. The minimum atomic E-state index is -1.13. The third-order valence-corrected chi connectivity index (χ3v) is 3.00. The maximum atomic E-state index is 12.0. The fourth-order valence-electron chi connectivity index (χ4n) is 1.96. The maximum Gasteiger partial charge on any atom is 0.332 e. The predicted octanol–water partition coefficient (Wildman–Crippen LogP) is -2.04. The summed E-state index contributed by atoms with van der Waals surface area (Å²) in [6.45, 7) is 0.331. The van der Waals surface area contributed by atoms with Crippen LogP contribution in [0.3, 0.4) is 0 Å². The summed E-state index contributed by atoms with van der Waals surface area (Å²) in [5, 5.41) is 10.4. The average Bonchev–Trinajstić information content (AvgIpc) is 2.77. The third kappa shape index (κ3) is 2.16. The average molecular weight is 265 g/mol. The minimum Gasteiger partial charge on any atom is -0.550 e. The Balaban J connectivity index is 2.51. The zero-order valence-corrected chi connectivity index (χ0v) is 10.6. The number of hydrogen-bond acceptors (Lipinski definition) is 5. The van der Waals surface area contributed by atoms with Crippen molar-refractivity contribution in [1.29, 1.82) is 0 Å². The van der Waals surface area contributed by atoms with Gasteiger partial charge in [0.05, 0.1) is 6.33 Å². The molecule has 19 heavy (non-hydrogen) atoms. The van der Waals surface area contributed by atoms with Crippen molar-refractivity contribution < 1.29 is 9.90 Å². The Morgan fingerprint density at radius 3 is 2.63 bits per heavy atom. The van der Waals surface area contributed by atoms with Gasteiger partial charge in [-0.1, -0.05) is 0 Å². The molecule has 0 spiro atoms. The zero-order chi connectivity index (χ0) is 14.2. The summed E-state index contributed by atoms with van der Waals surface area (Å²) in [5.41, 5.74) is -0.300. The van der Waals surface area contributed by atoms with E-state index in [1.807, 2.05) is 0 Å². The lowest BCUT2D eigenvalue weighted by atomic mass is 10.3. The molecule has 0 radical (unpaired) electrons. The van der Waals surface area contributed by atoms with Crippen LogP contribution in [0.2, 0.25) is 0 Å². The van der Waals surface area contributed by atoms with E-state index in [4.69, 9.17) is 0 Å². The van der Waals surface area contributed by atoms with E-state index in [0.717, 1.165) is 4.57 Å². The Morgan fingerprint density at radius 1 is 1.32 bits per heavy atom. The predicted molar refractivity (Wildman–Crippen MR) is 64.5 cm³/mol. The van der Waals surface area contributed by atoms with Crippen molar-refractivity contribution in [2.45, 2.75) is 19.4 Å². The van der Waals surface area contributed by atoms with E-state index in [9.17, 15) is 19.5 Å². The quantitative estimate of drug-likeness (QED) is 0.634. The fourth-order valence-corrected chi connectivity index (χ4v) is 1.96. The molecule has 0 aliphatic rings. The van der Waals surface area contributed by atoms with Gasteiger partial charge in [0.1, 0.15) is 0 Å². The van der Waals surface area contributed by atoms with Crippen LogP contribution in [0.25, 0.3) is 11.2 Å². The van der Waals surface area contributed by atoms with Gasteiger partial charge in [-0.3, -0.25) is 13.9 Å². The number of aliphatic carboxylic acids is 1. The molecule has 0 amide bonds. The van der Waals surface area contributed by atoms with Crippen LogP contribution in [-0.2, 0) is 25.4 Å². The van der Waals surface area contributed by atoms with Gasteiger partial charge in [0.25, 0.3) is 5.56 Å². The number of carboxylic acids is 1. The van der Waals surface area contributed by atoms with Gasteiger partial charge in [-0.2, -0.15) is 0 Å². The first-order valence-corrected chi connectivity index (χ1v) is 5.74. The molecule has 0 saturated heterocycles. The maximum absolute atomic E-state index is 12.0. The summed E-state index contributed by atoms with van der Waals surface area (Å²) in [5.74, 6) is -1.13. The highest BCUT2D eigenvalue weighted by Crippen LogP contribution is 2.06. The number of nitrogens with zero attached hydrogens (tertiary/aromatic N) is 4. The number of rotatable bonds is 4.